The Morgan fingerprint density at radius 2 is 2.13 bits per heavy atom. The molecule has 1 heteroatoms. The Bertz CT molecular complexity index is 366. The monoisotopic (exact) mass is 203 g/mol. The van der Waals surface area contributed by atoms with Crippen molar-refractivity contribution in [1.29, 1.82) is 0 Å². The number of fused-ring (bicyclic) bond motifs is 5. The van der Waals surface area contributed by atoms with Crippen LogP contribution in [0.5, 0.6) is 0 Å². The van der Waals surface area contributed by atoms with Crippen molar-refractivity contribution < 1.29 is 4.79 Å². The van der Waals surface area contributed by atoms with Crippen molar-refractivity contribution in [3.8, 4) is 0 Å². The van der Waals surface area contributed by atoms with Gasteiger partial charge in [0.05, 0.1) is 5.92 Å². The minimum Gasteiger partial charge on any atom is -0.278 e. The molecule has 1 nitrogen and oxygen atoms in total. The molecule has 1 saturated carbocycles. The Morgan fingerprint density at radius 1 is 1.40 bits per heavy atom. The first-order chi connectivity index (χ1) is 7.15. The Balaban J connectivity index is 2.07. The molecule has 15 heavy (non-hydrogen) atoms. The summed E-state index contributed by atoms with van der Waals surface area (Å²) in [5.74, 6) is 2.99. The molecule has 1 fully saturated rings. The first-order valence-electron chi connectivity index (χ1n) is 6.09. The van der Waals surface area contributed by atoms with Crippen LogP contribution in [-0.2, 0) is 0 Å². The molecule has 3 aliphatic rings. The molecule has 0 aliphatic heterocycles. The first kappa shape index (κ1) is 9.38. The fourth-order valence-corrected chi connectivity index (χ4v) is 3.98. The molecular formula is C14H19O+. The van der Waals surface area contributed by atoms with Gasteiger partial charge in [-0.05, 0) is 36.0 Å². The lowest BCUT2D eigenvalue weighted by atomic mass is 9.61. The zero-order valence-electron chi connectivity index (χ0n) is 9.48. The summed E-state index contributed by atoms with van der Waals surface area (Å²) in [5, 5.41) is 0. The lowest BCUT2D eigenvalue weighted by Crippen LogP contribution is -2.40. The Kier molecular flexibility index (Phi) is 1.78. The third kappa shape index (κ3) is 1.07. The normalized spacial score (nSPS) is 51.2. The SMILES string of the molecule is CC[C@@]1(C)C=CC(=[OH+])C2C3C=C[C@H](C3)C21. The van der Waals surface area contributed by atoms with E-state index in [0.717, 1.165) is 0 Å². The Labute approximate surface area is 91.2 Å². The molecule has 3 aliphatic carbocycles. The van der Waals surface area contributed by atoms with Crippen LogP contribution in [0.4, 0.5) is 0 Å². The van der Waals surface area contributed by atoms with Gasteiger partial charge in [0.1, 0.15) is 0 Å². The molecular weight excluding hydrogens is 184 g/mol. The Morgan fingerprint density at radius 3 is 2.87 bits per heavy atom. The number of carbonyl (C=O) groups excluding carboxylic acids is 1. The van der Waals surface area contributed by atoms with Crippen LogP contribution in [0.25, 0.3) is 0 Å². The number of hydrogen-bond acceptors (Lipinski definition) is 0. The summed E-state index contributed by atoms with van der Waals surface area (Å²) in [4.78, 5) is 10.0. The molecule has 0 amide bonds. The van der Waals surface area contributed by atoms with Gasteiger partial charge in [-0.25, -0.2) is 0 Å². The average Bonchev–Trinajstić information content (AvgIpc) is 2.84. The number of ketones is 1. The lowest BCUT2D eigenvalue weighted by molar-refractivity contribution is 0.172. The van der Waals surface area contributed by atoms with E-state index >= 15 is 0 Å². The zero-order valence-corrected chi connectivity index (χ0v) is 9.48. The zero-order chi connectivity index (χ0) is 10.6. The second-order valence-electron chi connectivity index (χ2n) is 5.62. The third-order valence-corrected chi connectivity index (χ3v) is 4.96. The molecule has 0 spiro atoms. The van der Waals surface area contributed by atoms with Gasteiger partial charge in [-0.15, -0.1) is 0 Å². The predicted molar refractivity (Wildman–Crippen MR) is 62.2 cm³/mol. The van der Waals surface area contributed by atoms with Gasteiger partial charge in [0.2, 0.25) is 0 Å². The van der Waals surface area contributed by atoms with Crippen LogP contribution in [0.2, 0.25) is 0 Å². The highest BCUT2D eigenvalue weighted by molar-refractivity contribution is 5.95. The van der Waals surface area contributed by atoms with Crippen LogP contribution in [-0.4, -0.2) is 10.6 Å². The van der Waals surface area contributed by atoms with Crippen molar-refractivity contribution in [3.05, 3.63) is 24.3 Å². The van der Waals surface area contributed by atoms with E-state index in [-0.39, 0.29) is 0 Å². The van der Waals surface area contributed by atoms with Crippen molar-refractivity contribution in [2.75, 3.05) is 0 Å². The quantitative estimate of drug-likeness (QED) is 0.461. The summed E-state index contributed by atoms with van der Waals surface area (Å²) >= 11 is 0. The highest BCUT2D eigenvalue weighted by Gasteiger charge is 2.57. The maximum atomic E-state index is 10.0. The Hall–Kier alpha value is -0.850. The molecule has 0 aromatic rings. The standard InChI is InChI=1S/C14H18O/c1-3-14(2)7-6-11(15)12-9-4-5-10(8-9)13(12)14/h4-7,9-10,12-13H,3,8H2,1-2H3/p+1/t9?,10-,12?,13?,14+/m1/s1. The fraction of sp³-hybridized carbons (Fsp3) is 0.643. The van der Waals surface area contributed by atoms with Crippen molar-refractivity contribution in [3.63, 3.8) is 0 Å². The highest BCUT2D eigenvalue weighted by Crippen LogP contribution is 2.58. The lowest BCUT2D eigenvalue weighted by Gasteiger charge is -2.40. The molecule has 3 unspecified atom stereocenters. The second-order valence-corrected chi connectivity index (χ2v) is 5.62. The molecule has 0 radical (unpaired) electrons. The minimum atomic E-state index is 0.293. The van der Waals surface area contributed by atoms with E-state index in [1.54, 1.807) is 0 Å². The van der Waals surface area contributed by atoms with Crippen molar-refractivity contribution >= 4 is 5.78 Å². The van der Waals surface area contributed by atoms with E-state index in [0.29, 0.717) is 34.9 Å². The molecule has 3 rings (SSSR count). The van der Waals surface area contributed by atoms with Gasteiger partial charge in [-0.3, -0.25) is 4.79 Å². The van der Waals surface area contributed by atoms with Crippen molar-refractivity contribution in [2.24, 2.45) is 29.1 Å². The molecule has 80 valence electrons. The summed E-state index contributed by atoms with van der Waals surface area (Å²) in [7, 11) is 0. The van der Waals surface area contributed by atoms with Gasteiger partial charge in [-0.1, -0.05) is 32.1 Å². The summed E-state index contributed by atoms with van der Waals surface area (Å²) in [5.41, 5.74) is 0.293. The van der Waals surface area contributed by atoms with Crippen LogP contribution in [0.15, 0.2) is 24.3 Å². The minimum absolute atomic E-state index is 0.293. The number of rotatable bonds is 1. The molecule has 5 atom stereocenters. The van der Waals surface area contributed by atoms with E-state index in [9.17, 15) is 4.79 Å². The maximum absolute atomic E-state index is 10.0. The summed E-state index contributed by atoms with van der Waals surface area (Å²) in [6.07, 6.45) is 11.3. The number of hydrogen-bond donors (Lipinski definition) is 0. The van der Waals surface area contributed by atoms with E-state index in [4.69, 9.17) is 0 Å². The van der Waals surface area contributed by atoms with Crippen LogP contribution in [0, 0.1) is 29.1 Å². The van der Waals surface area contributed by atoms with Crippen LogP contribution in [0.3, 0.4) is 0 Å². The first-order valence-corrected chi connectivity index (χ1v) is 6.09. The van der Waals surface area contributed by atoms with E-state index < -0.39 is 0 Å². The van der Waals surface area contributed by atoms with Gasteiger partial charge < -0.3 is 0 Å². The van der Waals surface area contributed by atoms with Crippen LogP contribution in [0.1, 0.15) is 26.7 Å². The second kappa shape index (κ2) is 2.84. The molecule has 2 bridgehead atoms. The molecule has 1 N–H and O–H groups in total. The van der Waals surface area contributed by atoms with Crippen molar-refractivity contribution in [1.82, 2.24) is 0 Å². The van der Waals surface area contributed by atoms with E-state index in [1.165, 1.54) is 12.8 Å². The highest BCUT2D eigenvalue weighted by atomic mass is 16.1. The van der Waals surface area contributed by atoms with Gasteiger partial charge >= 0.3 is 5.78 Å². The van der Waals surface area contributed by atoms with Crippen molar-refractivity contribution in [2.45, 2.75) is 26.7 Å². The van der Waals surface area contributed by atoms with Gasteiger partial charge in [0.25, 0.3) is 0 Å². The van der Waals surface area contributed by atoms with Gasteiger partial charge in [0.15, 0.2) is 0 Å². The van der Waals surface area contributed by atoms with Crippen LogP contribution >= 0.6 is 0 Å². The predicted octanol–water partition coefficient (Wildman–Crippen LogP) is 2.96. The largest absolute Gasteiger partial charge is 0.320 e. The molecule has 0 aromatic carbocycles. The summed E-state index contributed by atoms with van der Waals surface area (Å²) in [6, 6.07) is 0. The van der Waals surface area contributed by atoms with Gasteiger partial charge in [-0.2, -0.15) is 0 Å². The third-order valence-electron chi connectivity index (χ3n) is 4.96. The van der Waals surface area contributed by atoms with Gasteiger partial charge in [0, 0.05) is 6.08 Å². The summed E-state index contributed by atoms with van der Waals surface area (Å²) < 4.78 is 0. The molecule has 0 heterocycles. The fourth-order valence-electron chi connectivity index (χ4n) is 3.98. The van der Waals surface area contributed by atoms with E-state index in [1.807, 2.05) is 6.08 Å². The molecule has 0 saturated heterocycles. The topological polar surface area (TPSA) is 21.4 Å². The summed E-state index contributed by atoms with van der Waals surface area (Å²) in [6.45, 7) is 4.61. The van der Waals surface area contributed by atoms with E-state index in [2.05, 4.69) is 32.1 Å². The number of allylic oxidation sites excluding steroid dienone is 4. The average molecular weight is 203 g/mol. The molecule has 0 aromatic heterocycles. The maximum Gasteiger partial charge on any atom is 0.320 e. The smallest absolute Gasteiger partial charge is 0.278 e. The van der Waals surface area contributed by atoms with Crippen LogP contribution < -0.4 is 0 Å².